The van der Waals surface area contributed by atoms with Crippen LogP contribution >= 0.6 is 0 Å². The van der Waals surface area contributed by atoms with Gasteiger partial charge in [-0.2, -0.15) is 5.10 Å². The molecule has 9 heteroatoms. The SMILES string of the molecule is F[C@H]1CNC[C@@H]1Nc1cccc(-c2cnc3cnc(-c4cnn5ccccc45)cn23)n1. The van der Waals surface area contributed by atoms with Crippen molar-refractivity contribution in [1.29, 1.82) is 0 Å². The van der Waals surface area contributed by atoms with Crippen molar-refractivity contribution in [3.63, 3.8) is 0 Å². The van der Waals surface area contributed by atoms with Gasteiger partial charge in [0.1, 0.15) is 12.0 Å². The molecule has 0 aromatic carbocycles. The fraction of sp³-hybridized carbons (Fsp3) is 0.182. The van der Waals surface area contributed by atoms with Crippen molar-refractivity contribution in [2.24, 2.45) is 0 Å². The number of fused-ring (bicyclic) bond motifs is 2. The van der Waals surface area contributed by atoms with Gasteiger partial charge in [0.25, 0.3) is 0 Å². The zero-order chi connectivity index (χ0) is 20.8. The van der Waals surface area contributed by atoms with E-state index in [0.29, 0.717) is 18.9 Å². The molecule has 0 unspecified atom stereocenters. The number of pyridine rings is 2. The highest BCUT2D eigenvalue weighted by molar-refractivity contribution is 5.78. The van der Waals surface area contributed by atoms with E-state index in [1.165, 1.54) is 0 Å². The molecular formula is C22H19FN8. The molecule has 0 bridgehead atoms. The Balaban J connectivity index is 1.40. The Morgan fingerprint density at radius 2 is 1.97 bits per heavy atom. The summed E-state index contributed by atoms with van der Waals surface area (Å²) in [5, 5.41) is 10.6. The first kappa shape index (κ1) is 18.0. The van der Waals surface area contributed by atoms with Crippen LogP contribution in [0.25, 0.3) is 33.8 Å². The van der Waals surface area contributed by atoms with Crippen LogP contribution in [0.2, 0.25) is 0 Å². The average Bonchev–Trinajstić information content (AvgIpc) is 3.52. The summed E-state index contributed by atoms with van der Waals surface area (Å²) in [5.74, 6) is 0.640. The van der Waals surface area contributed by atoms with Gasteiger partial charge in [-0.1, -0.05) is 12.1 Å². The van der Waals surface area contributed by atoms with E-state index in [9.17, 15) is 4.39 Å². The first-order chi connectivity index (χ1) is 15.3. The summed E-state index contributed by atoms with van der Waals surface area (Å²) >= 11 is 0. The molecule has 0 spiro atoms. The van der Waals surface area contributed by atoms with Crippen LogP contribution in [0, 0.1) is 0 Å². The van der Waals surface area contributed by atoms with E-state index in [4.69, 9.17) is 4.98 Å². The van der Waals surface area contributed by atoms with Crippen LogP contribution in [0.4, 0.5) is 10.2 Å². The minimum Gasteiger partial charge on any atom is -0.363 e. The predicted octanol–water partition coefficient (Wildman–Crippen LogP) is 2.83. The van der Waals surface area contributed by atoms with Gasteiger partial charge in [-0.05, 0) is 24.3 Å². The maximum absolute atomic E-state index is 14.0. The van der Waals surface area contributed by atoms with Gasteiger partial charge in [0.05, 0.1) is 47.2 Å². The Morgan fingerprint density at radius 1 is 1.00 bits per heavy atom. The van der Waals surface area contributed by atoms with E-state index in [1.807, 2.05) is 63.9 Å². The largest absolute Gasteiger partial charge is 0.363 e. The van der Waals surface area contributed by atoms with E-state index >= 15 is 0 Å². The molecule has 31 heavy (non-hydrogen) atoms. The molecule has 8 nitrogen and oxygen atoms in total. The third-order valence-corrected chi connectivity index (χ3v) is 5.58. The summed E-state index contributed by atoms with van der Waals surface area (Å²) in [5.41, 5.74) is 5.01. The molecule has 2 atom stereocenters. The molecular weight excluding hydrogens is 395 g/mol. The van der Waals surface area contributed by atoms with Crippen molar-refractivity contribution < 1.29 is 4.39 Å². The Morgan fingerprint density at radius 3 is 2.87 bits per heavy atom. The lowest BCUT2D eigenvalue weighted by atomic mass is 10.2. The second kappa shape index (κ2) is 7.13. The zero-order valence-corrected chi connectivity index (χ0v) is 16.5. The summed E-state index contributed by atoms with van der Waals surface area (Å²) in [6.45, 7) is 0.946. The maximum atomic E-state index is 14.0. The molecule has 1 fully saturated rings. The molecule has 1 aliphatic rings. The van der Waals surface area contributed by atoms with Gasteiger partial charge in [-0.15, -0.1) is 0 Å². The molecule has 5 aromatic rings. The van der Waals surface area contributed by atoms with Crippen molar-refractivity contribution in [2.45, 2.75) is 12.2 Å². The van der Waals surface area contributed by atoms with Gasteiger partial charge in [-0.3, -0.25) is 9.38 Å². The minimum absolute atomic E-state index is 0.281. The van der Waals surface area contributed by atoms with Crippen LogP contribution in [-0.2, 0) is 0 Å². The summed E-state index contributed by atoms with van der Waals surface area (Å²) < 4.78 is 17.8. The number of nitrogens with zero attached hydrogens (tertiary/aromatic N) is 6. The second-order valence-electron chi connectivity index (χ2n) is 7.57. The van der Waals surface area contributed by atoms with E-state index < -0.39 is 6.17 Å². The van der Waals surface area contributed by atoms with Crippen molar-refractivity contribution in [1.82, 2.24) is 34.3 Å². The predicted molar refractivity (Wildman–Crippen MR) is 116 cm³/mol. The summed E-state index contributed by atoms with van der Waals surface area (Å²) in [7, 11) is 0. The van der Waals surface area contributed by atoms with Crippen molar-refractivity contribution >= 4 is 17.0 Å². The molecule has 0 saturated carbocycles. The van der Waals surface area contributed by atoms with Crippen LogP contribution in [-0.4, -0.2) is 54.3 Å². The third-order valence-electron chi connectivity index (χ3n) is 5.58. The van der Waals surface area contributed by atoms with Crippen LogP contribution in [0.3, 0.4) is 0 Å². The first-order valence-corrected chi connectivity index (χ1v) is 10.1. The normalized spacial score (nSPS) is 18.7. The number of rotatable bonds is 4. The fourth-order valence-electron chi connectivity index (χ4n) is 3.99. The Bertz CT molecular complexity index is 1390. The number of hydrogen-bond acceptors (Lipinski definition) is 6. The molecule has 0 amide bonds. The smallest absolute Gasteiger partial charge is 0.155 e. The third kappa shape index (κ3) is 3.10. The van der Waals surface area contributed by atoms with Crippen LogP contribution in [0.1, 0.15) is 0 Å². The molecule has 154 valence electrons. The second-order valence-corrected chi connectivity index (χ2v) is 7.57. The number of alkyl halides is 1. The molecule has 6 heterocycles. The molecule has 2 N–H and O–H groups in total. The lowest BCUT2D eigenvalue weighted by molar-refractivity contribution is 0.342. The highest BCUT2D eigenvalue weighted by Gasteiger charge is 2.26. The lowest BCUT2D eigenvalue weighted by Crippen LogP contribution is -2.29. The van der Waals surface area contributed by atoms with Crippen molar-refractivity contribution in [3.8, 4) is 22.6 Å². The number of imidazole rings is 1. The first-order valence-electron chi connectivity index (χ1n) is 10.1. The molecule has 1 aliphatic heterocycles. The van der Waals surface area contributed by atoms with Gasteiger partial charge < -0.3 is 10.6 Å². The minimum atomic E-state index is -0.930. The molecule has 0 radical (unpaired) electrons. The summed E-state index contributed by atoms with van der Waals surface area (Å²) in [4.78, 5) is 13.8. The van der Waals surface area contributed by atoms with Crippen LogP contribution < -0.4 is 10.6 Å². The number of anilines is 1. The van der Waals surface area contributed by atoms with Gasteiger partial charge >= 0.3 is 0 Å². The topological polar surface area (TPSA) is 84.4 Å². The molecule has 6 rings (SSSR count). The molecule has 0 aliphatic carbocycles. The Kier molecular flexibility index (Phi) is 4.13. The number of nitrogens with one attached hydrogen (secondary N) is 2. The van der Waals surface area contributed by atoms with Crippen molar-refractivity contribution in [3.05, 3.63) is 67.4 Å². The van der Waals surface area contributed by atoms with Gasteiger partial charge in [0.15, 0.2) is 5.65 Å². The average molecular weight is 414 g/mol. The highest BCUT2D eigenvalue weighted by atomic mass is 19.1. The van der Waals surface area contributed by atoms with Gasteiger partial charge in [-0.25, -0.2) is 18.9 Å². The number of aromatic nitrogens is 6. The monoisotopic (exact) mass is 414 g/mol. The van der Waals surface area contributed by atoms with Gasteiger partial charge in [0, 0.05) is 31.0 Å². The molecule has 1 saturated heterocycles. The van der Waals surface area contributed by atoms with Gasteiger partial charge in [0.2, 0.25) is 0 Å². The summed E-state index contributed by atoms with van der Waals surface area (Å²) in [6.07, 6.45) is 8.25. The maximum Gasteiger partial charge on any atom is 0.155 e. The lowest BCUT2D eigenvalue weighted by Gasteiger charge is -2.15. The van der Waals surface area contributed by atoms with E-state index in [-0.39, 0.29) is 6.04 Å². The quantitative estimate of drug-likeness (QED) is 0.471. The summed E-state index contributed by atoms with van der Waals surface area (Å²) in [6, 6.07) is 11.3. The Labute approximate surface area is 176 Å². The molecule has 5 aromatic heterocycles. The fourth-order valence-corrected chi connectivity index (χ4v) is 3.99. The number of hydrogen-bond donors (Lipinski definition) is 2. The van der Waals surface area contributed by atoms with E-state index in [1.54, 1.807) is 12.4 Å². The van der Waals surface area contributed by atoms with Crippen LogP contribution in [0.15, 0.2) is 67.4 Å². The standard InChI is InChI=1S/C22H19FN8/c23-15-9-24-10-17(15)29-21-6-3-4-16(28-21)20-11-26-22-12-25-18(13-30(20)22)14-8-27-31-7-2-1-5-19(14)31/h1-8,11-13,15,17,24H,9-10H2,(H,28,29)/t15-,17-/m0/s1. The highest BCUT2D eigenvalue weighted by Crippen LogP contribution is 2.26. The Hall–Kier alpha value is -3.85. The van der Waals surface area contributed by atoms with Crippen molar-refractivity contribution in [2.75, 3.05) is 18.4 Å². The van der Waals surface area contributed by atoms with E-state index in [0.717, 1.165) is 33.8 Å². The number of halogens is 1. The van der Waals surface area contributed by atoms with E-state index in [2.05, 4.69) is 25.7 Å². The van der Waals surface area contributed by atoms with Crippen LogP contribution in [0.5, 0.6) is 0 Å². The zero-order valence-electron chi connectivity index (χ0n) is 16.5.